The first kappa shape index (κ1) is 14.3. The average molecular weight is 272 g/mol. The van der Waals surface area contributed by atoms with E-state index in [2.05, 4.69) is 10.3 Å². The van der Waals surface area contributed by atoms with Crippen LogP contribution >= 0.6 is 0 Å². The van der Waals surface area contributed by atoms with Crippen molar-refractivity contribution in [2.45, 2.75) is 44.3 Å². The maximum Gasteiger partial charge on any atom is 0.391 e. The van der Waals surface area contributed by atoms with E-state index in [1.54, 1.807) is 12.4 Å². The Balaban J connectivity index is 1.74. The fourth-order valence-electron chi connectivity index (χ4n) is 2.64. The minimum Gasteiger partial charge on any atom is -0.314 e. The topological polar surface area (TPSA) is 24.9 Å². The van der Waals surface area contributed by atoms with Crippen molar-refractivity contribution < 1.29 is 13.2 Å². The molecule has 0 amide bonds. The van der Waals surface area contributed by atoms with E-state index in [0.29, 0.717) is 6.42 Å². The summed E-state index contributed by atoms with van der Waals surface area (Å²) in [5, 5.41) is 3.25. The zero-order chi connectivity index (χ0) is 13.7. The van der Waals surface area contributed by atoms with Crippen molar-refractivity contribution in [3.05, 3.63) is 30.1 Å². The summed E-state index contributed by atoms with van der Waals surface area (Å²) in [4.78, 5) is 3.93. The molecule has 1 aliphatic rings. The molecule has 1 fully saturated rings. The standard InChI is InChI=1S/C14H19F3N2/c15-14(16,17)12-2-1-3-13(10-12)19-9-6-11-4-7-18-8-5-11/h4-5,7-8,12-13,19H,1-3,6,9-10H2. The van der Waals surface area contributed by atoms with E-state index in [9.17, 15) is 13.2 Å². The SMILES string of the molecule is FC(F)(F)C1CCCC(NCCc2ccncc2)C1. The summed E-state index contributed by atoms with van der Waals surface area (Å²) in [5.41, 5.74) is 1.16. The summed E-state index contributed by atoms with van der Waals surface area (Å²) in [5.74, 6) is -1.13. The zero-order valence-electron chi connectivity index (χ0n) is 10.8. The van der Waals surface area contributed by atoms with Gasteiger partial charge in [0, 0.05) is 18.4 Å². The van der Waals surface area contributed by atoms with Gasteiger partial charge in [0.2, 0.25) is 0 Å². The second kappa shape index (κ2) is 6.37. The lowest BCUT2D eigenvalue weighted by atomic mass is 9.85. The van der Waals surface area contributed by atoms with Gasteiger partial charge in [0.25, 0.3) is 0 Å². The number of halogens is 3. The minimum absolute atomic E-state index is 0.00205. The average Bonchev–Trinajstić information content (AvgIpc) is 2.39. The third kappa shape index (κ3) is 4.49. The molecule has 2 nitrogen and oxygen atoms in total. The molecule has 0 radical (unpaired) electrons. The molecule has 19 heavy (non-hydrogen) atoms. The molecule has 1 saturated carbocycles. The molecule has 0 bridgehead atoms. The number of pyridine rings is 1. The van der Waals surface area contributed by atoms with E-state index >= 15 is 0 Å². The summed E-state index contributed by atoms with van der Waals surface area (Å²) in [6.07, 6.45) is 2.28. The van der Waals surface area contributed by atoms with Crippen LogP contribution < -0.4 is 5.32 Å². The van der Waals surface area contributed by atoms with Crippen molar-refractivity contribution in [1.82, 2.24) is 10.3 Å². The molecule has 0 spiro atoms. The van der Waals surface area contributed by atoms with Crippen molar-refractivity contribution in [2.75, 3.05) is 6.54 Å². The van der Waals surface area contributed by atoms with Crippen LogP contribution in [-0.4, -0.2) is 23.7 Å². The molecule has 0 aliphatic heterocycles. The third-order valence-corrected chi connectivity index (χ3v) is 3.73. The van der Waals surface area contributed by atoms with Gasteiger partial charge < -0.3 is 5.32 Å². The molecule has 1 aromatic heterocycles. The van der Waals surface area contributed by atoms with Crippen LogP contribution in [0.4, 0.5) is 13.2 Å². The molecule has 1 aromatic rings. The molecule has 2 atom stereocenters. The van der Waals surface area contributed by atoms with E-state index in [1.165, 1.54) is 0 Å². The number of nitrogens with one attached hydrogen (secondary N) is 1. The van der Waals surface area contributed by atoms with Gasteiger partial charge in [-0.2, -0.15) is 13.2 Å². The molecule has 2 rings (SSSR count). The van der Waals surface area contributed by atoms with Gasteiger partial charge in [0.1, 0.15) is 0 Å². The molecule has 106 valence electrons. The maximum absolute atomic E-state index is 12.7. The minimum atomic E-state index is -4.04. The summed E-state index contributed by atoms with van der Waals surface area (Å²) in [7, 11) is 0. The molecule has 1 heterocycles. The van der Waals surface area contributed by atoms with Crippen LogP contribution in [0.25, 0.3) is 0 Å². The monoisotopic (exact) mass is 272 g/mol. The first-order valence-corrected chi connectivity index (χ1v) is 6.74. The normalized spacial score (nSPS) is 24.4. The van der Waals surface area contributed by atoms with Gasteiger partial charge in [-0.3, -0.25) is 4.98 Å². The van der Waals surface area contributed by atoms with Crippen molar-refractivity contribution in [3.8, 4) is 0 Å². The van der Waals surface area contributed by atoms with E-state index in [1.807, 2.05) is 12.1 Å². The molecule has 0 saturated heterocycles. The summed E-state index contributed by atoms with van der Waals surface area (Å²) in [6.45, 7) is 0.721. The summed E-state index contributed by atoms with van der Waals surface area (Å²) in [6, 6.07) is 3.87. The van der Waals surface area contributed by atoms with Crippen molar-refractivity contribution in [1.29, 1.82) is 0 Å². The Labute approximate surface area is 111 Å². The lowest BCUT2D eigenvalue weighted by Gasteiger charge is -2.31. The van der Waals surface area contributed by atoms with E-state index in [-0.39, 0.29) is 18.9 Å². The number of rotatable bonds is 4. The molecular weight excluding hydrogens is 253 g/mol. The smallest absolute Gasteiger partial charge is 0.314 e. The van der Waals surface area contributed by atoms with Gasteiger partial charge in [0.05, 0.1) is 5.92 Å². The van der Waals surface area contributed by atoms with Crippen LogP contribution in [0, 0.1) is 5.92 Å². The van der Waals surface area contributed by atoms with Gasteiger partial charge in [-0.15, -0.1) is 0 Å². The highest BCUT2D eigenvalue weighted by atomic mass is 19.4. The first-order chi connectivity index (χ1) is 9.05. The Morgan fingerprint density at radius 1 is 1.21 bits per heavy atom. The molecule has 0 aromatic carbocycles. The highest BCUT2D eigenvalue weighted by Crippen LogP contribution is 2.37. The summed E-state index contributed by atoms with van der Waals surface area (Å²) >= 11 is 0. The van der Waals surface area contributed by atoms with Crippen LogP contribution in [0.15, 0.2) is 24.5 Å². The zero-order valence-corrected chi connectivity index (χ0v) is 10.8. The number of alkyl halides is 3. The van der Waals surface area contributed by atoms with Crippen LogP contribution in [0.2, 0.25) is 0 Å². The number of aromatic nitrogens is 1. The van der Waals surface area contributed by atoms with Crippen molar-refractivity contribution in [2.24, 2.45) is 5.92 Å². The van der Waals surface area contributed by atoms with Crippen molar-refractivity contribution >= 4 is 0 Å². The second-order valence-corrected chi connectivity index (χ2v) is 5.16. The third-order valence-electron chi connectivity index (χ3n) is 3.73. The molecule has 5 heteroatoms. The molecule has 2 unspecified atom stereocenters. The Morgan fingerprint density at radius 2 is 1.95 bits per heavy atom. The molecule has 1 N–H and O–H groups in total. The van der Waals surface area contributed by atoms with Gasteiger partial charge in [-0.05, 0) is 49.9 Å². The number of hydrogen-bond donors (Lipinski definition) is 1. The summed E-state index contributed by atoms with van der Waals surface area (Å²) < 4.78 is 38.0. The lowest BCUT2D eigenvalue weighted by Crippen LogP contribution is -2.39. The van der Waals surface area contributed by atoms with Gasteiger partial charge in [-0.25, -0.2) is 0 Å². The van der Waals surface area contributed by atoms with Crippen LogP contribution in [0.5, 0.6) is 0 Å². The van der Waals surface area contributed by atoms with Gasteiger partial charge >= 0.3 is 6.18 Å². The predicted molar refractivity (Wildman–Crippen MR) is 67.7 cm³/mol. The number of nitrogens with zero attached hydrogens (tertiary/aromatic N) is 1. The fourth-order valence-corrected chi connectivity index (χ4v) is 2.64. The highest BCUT2D eigenvalue weighted by Gasteiger charge is 2.41. The first-order valence-electron chi connectivity index (χ1n) is 6.74. The molecule has 1 aliphatic carbocycles. The molecular formula is C14H19F3N2. The number of hydrogen-bond acceptors (Lipinski definition) is 2. The van der Waals surface area contributed by atoms with Gasteiger partial charge in [0.15, 0.2) is 0 Å². The fraction of sp³-hybridized carbons (Fsp3) is 0.643. The Bertz CT molecular complexity index is 378. The van der Waals surface area contributed by atoms with Crippen molar-refractivity contribution in [3.63, 3.8) is 0 Å². The van der Waals surface area contributed by atoms with Crippen LogP contribution in [-0.2, 0) is 6.42 Å². The highest BCUT2D eigenvalue weighted by molar-refractivity contribution is 5.09. The van der Waals surface area contributed by atoms with Crippen LogP contribution in [0.3, 0.4) is 0 Å². The largest absolute Gasteiger partial charge is 0.391 e. The van der Waals surface area contributed by atoms with Gasteiger partial charge in [-0.1, -0.05) is 6.42 Å². The predicted octanol–water partition coefficient (Wildman–Crippen LogP) is 3.33. The Kier molecular flexibility index (Phi) is 4.80. The second-order valence-electron chi connectivity index (χ2n) is 5.16. The van der Waals surface area contributed by atoms with E-state index in [4.69, 9.17) is 0 Å². The van der Waals surface area contributed by atoms with E-state index in [0.717, 1.165) is 24.9 Å². The quantitative estimate of drug-likeness (QED) is 0.909. The Hall–Kier alpha value is -1.10. The van der Waals surface area contributed by atoms with E-state index < -0.39 is 12.1 Å². The Morgan fingerprint density at radius 3 is 2.63 bits per heavy atom. The maximum atomic E-state index is 12.7. The van der Waals surface area contributed by atoms with Crippen LogP contribution in [0.1, 0.15) is 31.2 Å². The lowest BCUT2D eigenvalue weighted by molar-refractivity contribution is -0.183.